The average Bonchev–Trinajstić information content (AvgIpc) is 2.69. The number of nitrogens with zero attached hydrogens (tertiary/aromatic N) is 2. The summed E-state index contributed by atoms with van der Waals surface area (Å²) in [4.78, 5) is 27.0. The first kappa shape index (κ1) is 20.7. The SMILES string of the molecule is Cc1cccc(Cn2cccc(C(=O)N(C)CCOc3cccc(Cl)c3)c2=O)c1. The molecular weight excluding hydrogens is 388 g/mol. The van der Waals surface area contributed by atoms with Gasteiger partial charge in [-0.15, -0.1) is 0 Å². The molecule has 0 saturated heterocycles. The fourth-order valence-electron chi connectivity index (χ4n) is 3.00. The van der Waals surface area contributed by atoms with Crippen LogP contribution >= 0.6 is 11.6 Å². The lowest BCUT2D eigenvalue weighted by Crippen LogP contribution is -2.36. The van der Waals surface area contributed by atoms with Gasteiger partial charge in [0.05, 0.1) is 13.1 Å². The molecule has 29 heavy (non-hydrogen) atoms. The Hall–Kier alpha value is -3.05. The standard InChI is InChI=1S/C23H23ClN2O3/c1-17-6-3-7-18(14-17)16-26-11-5-10-21(23(26)28)22(27)25(2)12-13-29-20-9-4-8-19(24)15-20/h3-11,14-15H,12-13,16H2,1-2H3. The number of hydrogen-bond donors (Lipinski definition) is 0. The van der Waals surface area contributed by atoms with Crippen LogP contribution in [0.4, 0.5) is 0 Å². The molecular formula is C23H23ClN2O3. The second-order valence-electron chi connectivity index (χ2n) is 6.88. The maximum Gasteiger partial charge on any atom is 0.263 e. The molecule has 6 heteroatoms. The van der Waals surface area contributed by atoms with E-state index in [4.69, 9.17) is 16.3 Å². The lowest BCUT2D eigenvalue weighted by molar-refractivity contribution is 0.0771. The summed E-state index contributed by atoms with van der Waals surface area (Å²) in [6.07, 6.45) is 1.70. The van der Waals surface area contributed by atoms with Crippen molar-refractivity contribution < 1.29 is 9.53 Å². The summed E-state index contributed by atoms with van der Waals surface area (Å²) in [7, 11) is 1.65. The van der Waals surface area contributed by atoms with Gasteiger partial charge >= 0.3 is 0 Å². The van der Waals surface area contributed by atoms with E-state index in [9.17, 15) is 9.59 Å². The van der Waals surface area contributed by atoms with E-state index in [2.05, 4.69) is 0 Å². The highest BCUT2D eigenvalue weighted by Crippen LogP contribution is 2.17. The van der Waals surface area contributed by atoms with Crippen LogP contribution in [-0.4, -0.2) is 35.6 Å². The van der Waals surface area contributed by atoms with Crippen LogP contribution in [0, 0.1) is 6.92 Å². The Kier molecular flexibility index (Phi) is 6.73. The fraction of sp³-hybridized carbons (Fsp3) is 0.217. The molecule has 0 saturated carbocycles. The van der Waals surface area contributed by atoms with Gasteiger partial charge in [0, 0.05) is 18.3 Å². The van der Waals surface area contributed by atoms with Gasteiger partial charge in [0.15, 0.2) is 0 Å². The zero-order chi connectivity index (χ0) is 20.8. The van der Waals surface area contributed by atoms with Gasteiger partial charge in [-0.25, -0.2) is 0 Å². The van der Waals surface area contributed by atoms with Crippen molar-refractivity contribution in [1.29, 1.82) is 0 Å². The van der Waals surface area contributed by atoms with Gasteiger partial charge in [0.25, 0.3) is 11.5 Å². The molecule has 0 aliphatic heterocycles. The topological polar surface area (TPSA) is 51.5 Å². The van der Waals surface area contributed by atoms with Gasteiger partial charge in [0.1, 0.15) is 17.9 Å². The van der Waals surface area contributed by atoms with Crippen LogP contribution in [0.5, 0.6) is 5.75 Å². The Bertz CT molecular complexity index is 1060. The molecule has 3 aromatic rings. The summed E-state index contributed by atoms with van der Waals surface area (Å²) in [5.74, 6) is 0.307. The molecule has 0 fully saturated rings. The summed E-state index contributed by atoms with van der Waals surface area (Å²) in [5.41, 5.74) is 1.98. The maximum atomic E-state index is 12.8. The molecule has 1 heterocycles. The number of aromatic nitrogens is 1. The first-order valence-corrected chi connectivity index (χ1v) is 9.70. The molecule has 0 spiro atoms. The third kappa shape index (κ3) is 5.48. The van der Waals surface area contributed by atoms with Gasteiger partial charge in [0.2, 0.25) is 0 Å². The number of carbonyl (C=O) groups excluding carboxylic acids is 1. The Balaban J connectivity index is 1.66. The van der Waals surface area contributed by atoms with E-state index >= 15 is 0 Å². The summed E-state index contributed by atoms with van der Waals surface area (Å²) in [6, 6.07) is 18.3. The van der Waals surface area contributed by atoms with Crippen LogP contribution in [0.1, 0.15) is 21.5 Å². The molecule has 0 aliphatic rings. The van der Waals surface area contributed by atoms with Gasteiger partial charge in [-0.3, -0.25) is 9.59 Å². The molecule has 0 aliphatic carbocycles. The van der Waals surface area contributed by atoms with Crippen molar-refractivity contribution in [2.45, 2.75) is 13.5 Å². The summed E-state index contributed by atoms with van der Waals surface area (Å²) in [5, 5.41) is 0.588. The number of aryl methyl sites for hydroxylation is 1. The van der Waals surface area contributed by atoms with E-state index in [1.165, 1.54) is 4.90 Å². The van der Waals surface area contributed by atoms with Gasteiger partial charge in [-0.05, 0) is 42.8 Å². The number of pyridine rings is 1. The predicted octanol–water partition coefficient (Wildman–Crippen LogP) is 4.01. The molecule has 150 valence electrons. The molecule has 0 N–H and O–H groups in total. The monoisotopic (exact) mass is 410 g/mol. The minimum absolute atomic E-state index is 0.144. The minimum Gasteiger partial charge on any atom is -0.492 e. The second-order valence-corrected chi connectivity index (χ2v) is 7.31. The van der Waals surface area contributed by atoms with Crippen molar-refractivity contribution in [1.82, 2.24) is 9.47 Å². The van der Waals surface area contributed by atoms with Crippen LogP contribution < -0.4 is 10.3 Å². The average molecular weight is 411 g/mol. The van der Waals surface area contributed by atoms with Crippen molar-refractivity contribution in [3.05, 3.63) is 98.9 Å². The molecule has 1 amide bonds. The Morgan fingerprint density at radius 2 is 1.90 bits per heavy atom. The highest BCUT2D eigenvalue weighted by Gasteiger charge is 2.16. The molecule has 0 radical (unpaired) electrons. The van der Waals surface area contributed by atoms with E-state index < -0.39 is 0 Å². The molecule has 1 aromatic heterocycles. The number of carbonyl (C=O) groups is 1. The van der Waals surface area contributed by atoms with Gasteiger partial charge in [-0.2, -0.15) is 0 Å². The molecule has 0 bridgehead atoms. The zero-order valence-corrected chi connectivity index (χ0v) is 17.2. The van der Waals surface area contributed by atoms with Crippen molar-refractivity contribution in [3.63, 3.8) is 0 Å². The van der Waals surface area contributed by atoms with Crippen LogP contribution in [-0.2, 0) is 6.54 Å². The largest absolute Gasteiger partial charge is 0.492 e. The molecule has 5 nitrogen and oxygen atoms in total. The summed E-state index contributed by atoms with van der Waals surface area (Å²) in [6.45, 7) is 3.07. The molecule has 2 aromatic carbocycles. The zero-order valence-electron chi connectivity index (χ0n) is 16.5. The number of rotatable bonds is 7. The van der Waals surface area contributed by atoms with Crippen LogP contribution in [0.3, 0.4) is 0 Å². The van der Waals surface area contributed by atoms with Gasteiger partial charge < -0.3 is 14.2 Å². The highest BCUT2D eigenvalue weighted by atomic mass is 35.5. The second kappa shape index (κ2) is 9.43. The summed E-state index contributed by atoms with van der Waals surface area (Å²) < 4.78 is 7.18. The van der Waals surface area contributed by atoms with Crippen LogP contribution in [0.25, 0.3) is 0 Å². The van der Waals surface area contributed by atoms with Crippen LogP contribution in [0.15, 0.2) is 71.7 Å². The van der Waals surface area contributed by atoms with Crippen molar-refractivity contribution in [2.75, 3.05) is 20.2 Å². The van der Waals surface area contributed by atoms with E-state index in [0.717, 1.165) is 11.1 Å². The quantitative estimate of drug-likeness (QED) is 0.591. The van der Waals surface area contributed by atoms with E-state index in [0.29, 0.717) is 30.5 Å². The minimum atomic E-state index is -0.330. The Morgan fingerprint density at radius 3 is 2.66 bits per heavy atom. The first-order valence-electron chi connectivity index (χ1n) is 9.33. The van der Waals surface area contributed by atoms with E-state index in [-0.39, 0.29) is 17.0 Å². The normalized spacial score (nSPS) is 10.6. The van der Waals surface area contributed by atoms with E-state index in [1.54, 1.807) is 54.2 Å². The van der Waals surface area contributed by atoms with Gasteiger partial charge in [-0.1, -0.05) is 47.5 Å². The summed E-state index contributed by atoms with van der Waals surface area (Å²) >= 11 is 5.93. The third-order valence-corrected chi connectivity index (χ3v) is 4.76. The number of likely N-dealkylation sites (N-methyl/N-ethyl adjacent to an activating group) is 1. The third-order valence-electron chi connectivity index (χ3n) is 4.52. The number of ether oxygens (including phenoxy) is 1. The number of benzene rings is 2. The first-order chi connectivity index (χ1) is 13.9. The maximum absolute atomic E-state index is 12.8. The lowest BCUT2D eigenvalue weighted by Gasteiger charge is -2.18. The van der Waals surface area contributed by atoms with E-state index in [1.807, 2.05) is 31.2 Å². The fourth-order valence-corrected chi connectivity index (χ4v) is 3.18. The number of hydrogen-bond acceptors (Lipinski definition) is 3. The van der Waals surface area contributed by atoms with Crippen LogP contribution in [0.2, 0.25) is 5.02 Å². The Morgan fingerprint density at radius 1 is 1.10 bits per heavy atom. The van der Waals surface area contributed by atoms with Crippen molar-refractivity contribution in [3.8, 4) is 5.75 Å². The smallest absolute Gasteiger partial charge is 0.263 e. The molecule has 0 unspecified atom stereocenters. The van der Waals surface area contributed by atoms with Crippen molar-refractivity contribution >= 4 is 17.5 Å². The predicted molar refractivity (Wildman–Crippen MR) is 115 cm³/mol. The molecule has 0 atom stereocenters. The highest BCUT2D eigenvalue weighted by molar-refractivity contribution is 6.30. The van der Waals surface area contributed by atoms with Crippen molar-refractivity contribution in [2.24, 2.45) is 0 Å². The molecule has 3 rings (SSSR count). The number of amides is 1. The number of halogens is 1. The lowest BCUT2D eigenvalue weighted by atomic mass is 10.1. The Labute approximate surface area is 175 Å².